The largest absolute Gasteiger partial charge is 0.377 e. The SMILES string of the molecule is COCc1nnc(N(C)C2CN(c3ccc4nnc(C(C)(C)C)n4n3)C2)s1. The van der Waals surface area contributed by atoms with E-state index in [1.54, 1.807) is 18.4 Å². The van der Waals surface area contributed by atoms with Gasteiger partial charge in [0.15, 0.2) is 11.5 Å². The van der Waals surface area contributed by atoms with Gasteiger partial charge in [-0.05, 0) is 12.1 Å². The quantitative estimate of drug-likeness (QED) is 0.654. The molecule has 3 aromatic rings. The molecule has 1 saturated heterocycles. The maximum Gasteiger partial charge on any atom is 0.208 e. The first kappa shape index (κ1) is 18.1. The second-order valence-corrected chi connectivity index (χ2v) is 8.86. The Kier molecular flexibility index (Phi) is 4.47. The fourth-order valence-corrected chi connectivity index (χ4v) is 3.87. The van der Waals surface area contributed by atoms with E-state index in [-0.39, 0.29) is 5.41 Å². The first-order valence-electron chi connectivity index (χ1n) is 8.89. The van der Waals surface area contributed by atoms with Crippen LogP contribution in [0.2, 0.25) is 0 Å². The molecule has 0 amide bonds. The first-order valence-corrected chi connectivity index (χ1v) is 9.70. The average Bonchev–Trinajstić information content (AvgIpc) is 3.19. The average molecular weight is 389 g/mol. The first-order chi connectivity index (χ1) is 12.9. The molecule has 4 heterocycles. The van der Waals surface area contributed by atoms with Crippen molar-refractivity contribution in [2.45, 2.75) is 38.8 Å². The van der Waals surface area contributed by atoms with E-state index >= 15 is 0 Å². The molecule has 0 aliphatic carbocycles. The van der Waals surface area contributed by atoms with Gasteiger partial charge < -0.3 is 14.5 Å². The van der Waals surface area contributed by atoms with Crippen LogP contribution in [0.4, 0.5) is 10.9 Å². The Hall–Kier alpha value is -2.33. The third-order valence-electron chi connectivity index (χ3n) is 4.68. The van der Waals surface area contributed by atoms with Crippen LogP contribution in [0.3, 0.4) is 0 Å². The second-order valence-electron chi connectivity index (χ2n) is 7.82. The lowest BCUT2D eigenvalue weighted by Gasteiger charge is -2.44. The van der Waals surface area contributed by atoms with E-state index in [4.69, 9.17) is 9.84 Å². The Morgan fingerprint density at radius 3 is 2.67 bits per heavy atom. The molecule has 9 nitrogen and oxygen atoms in total. The minimum atomic E-state index is -0.111. The molecule has 3 aromatic heterocycles. The van der Waals surface area contributed by atoms with Crippen molar-refractivity contribution in [3.05, 3.63) is 23.0 Å². The van der Waals surface area contributed by atoms with Crippen molar-refractivity contribution in [2.24, 2.45) is 0 Å². The lowest BCUT2D eigenvalue weighted by atomic mass is 9.96. The van der Waals surface area contributed by atoms with E-state index in [0.29, 0.717) is 12.6 Å². The van der Waals surface area contributed by atoms with Crippen molar-refractivity contribution in [1.29, 1.82) is 0 Å². The Labute approximate surface area is 162 Å². The van der Waals surface area contributed by atoms with Gasteiger partial charge in [-0.1, -0.05) is 32.1 Å². The van der Waals surface area contributed by atoms with E-state index in [0.717, 1.165) is 40.5 Å². The fourth-order valence-electron chi connectivity index (χ4n) is 3.03. The third kappa shape index (κ3) is 3.34. The van der Waals surface area contributed by atoms with Crippen molar-refractivity contribution in [1.82, 2.24) is 30.0 Å². The van der Waals surface area contributed by atoms with E-state index in [9.17, 15) is 0 Å². The van der Waals surface area contributed by atoms with E-state index in [1.807, 2.05) is 16.6 Å². The predicted molar refractivity (Wildman–Crippen MR) is 105 cm³/mol. The number of rotatable bonds is 5. The summed E-state index contributed by atoms with van der Waals surface area (Å²) < 4.78 is 6.97. The number of anilines is 2. The molecule has 0 unspecified atom stereocenters. The zero-order valence-electron chi connectivity index (χ0n) is 16.2. The monoisotopic (exact) mass is 388 g/mol. The summed E-state index contributed by atoms with van der Waals surface area (Å²) in [5.41, 5.74) is 0.665. The van der Waals surface area contributed by atoms with Gasteiger partial charge in [-0.2, -0.15) is 4.52 Å². The van der Waals surface area contributed by atoms with Crippen LogP contribution in [0, 0.1) is 0 Å². The number of hydrogen-bond acceptors (Lipinski definition) is 9. The maximum absolute atomic E-state index is 5.12. The fraction of sp³-hybridized carbons (Fsp3) is 0.588. The van der Waals surface area contributed by atoms with Crippen molar-refractivity contribution in [3.63, 3.8) is 0 Å². The Morgan fingerprint density at radius 1 is 1.19 bits per heavy atom. The summed E-state index contributed by atoms with van der Waals surface area (Å²) in [6.45, 7) is 8.63. The molecule has 4 rings (SSSR count). The van der Waals surface area contributed by atoms with Gasteiger partial charge in [-0.25, -0.2) is 0 Å². The Balaban J connectivity index is 1.47. The minimum Gasteiger partial charge on any atom is -0.377 e. The zero-order chi connectivity index (χ0) is 19.2. The van der Waals surface area contributed by atoms with Crippen LogP contribution in [-0.2, 0) is 16.8 Å². The van der Waals surface area contributed by atoms with Crippen molar-refractivity contribution < 1.29 is 4.74 Å². The minimum absolute atomic E-state index is 0.111. The molecule has 27 heavy (non-hydrogen) atoms. The van der Waals surface area contributed by atoms with Crippen LogP contribution in [0.1, 0.15) is 31.6 Å². The molecule has 0 bridgehead atoms. The van der Waals surface area contributed by atoms with Gasteiger partial charge in [0.05, 0.1) is 6.04 Å². The van der Waals surface area contributed by atoms with Crippen molar-refractivity contribution >= 4 is 27.9 Å². The van der Waals surface area contributed by atoms with Gasteiger partial charge in [0.2, 0.25) is 5.13 Å². The normalized spacial score (nSPS) is 15.4. The molecular weight excluding hydrogens is 364 g/mol. The van der Waals surface area contributed by atoms with Crippen molar-refractivity contribution in [2.75, 3.05) is 37.0 Å². The summed E-state index contributed by atoms with van der Waals surface area (Å²) in [6.07, 6.45) is 0. The van der Waals surface area contributed by atoms with Crippen LogP contribution in [0.5, 0.6) is 0 Å². The second kappa shape index (κ2) is 6.68. The van der Waals surface area contributed by atoms with Crippen LogP contribution in [-0.4, -0.2) is 63.3 Å². The van der Waals surface area contributed by atoms with Crippen LogP contribution >= 0.6 is 11.3 Å². The molecule has 1 aliphatic rings. The molecule has 1 aliphatic heterocycles. The van der Waals surface area contributed by atoms with Gasteiger partial charge in [-0.15, -0.1) is 25.5 Å². The molecule has 0 aromatic carbocycles. The highest BCUT2D eigenvalue weighted by atomic mass is 32.1. The summed E-state index contributed by atoms with van der Waals surface area (Å²) in [4.78, 5) is 4.44. The van der Waals surface area contributed by atoms with Gasteiger partial charge >= 0.3 is 0 Å². The summed E-state index contributed by atoms with van der Waals surface area (Å²) in [6, 6.07) is 4.37. The predicted octanol–water partition coefficient (Wildman–Crippen LogP) is 1.74. The summed E-state index contributed by atoms with van der Waals surface area (Å²) >= 11 is 1.57. The van der Waals surface area contributed by atoms with Crippen LogP contribution in [0.15, 0.2) is 12.1 Å². The van der Waals surface area contributed by atoms with Crippen LogP contribution in [0.25, 0.3) is 5.65 Å². The lowest BCUT2D eigenvalue weighted by molar-refractivity contribution is 0.184. The smallest absolute Gasteiger partial charge is 0.208 e. The Bertz CT molecular complexity index is 940. The topological polar surface area (TPSA) is 84.6 Å². The van der Waals surface area contributed by atoms with E-state index < -0.39 is 0 Å². The molecule has 0 spiro atoms. The lowest BCUT2D eigenvalue weighted by Crippen LogP contribution is -2.59. The van der Waals surface area contributed by atoms with Gasteiger partial charge in [0, 0.05) is 32.7 Å². The van der Waals surface area contributed by atoms with Gasteiger partial charge in [-0.3, -0.25) is 0 Å². The number of ether oxygens (including phenoxy) is 1. The maximum atomic E-state index is 5.12. The number of likely N-dealkylation sites (N-methyl/N-ethyl adjacent to an activating group) is 1. The third-order valence-corrected chi connectivity index (χ3v) is 5.67. The van der Waals surface area contributed by atoms with Gasteiger partial charge in [0.25, 0.3) is 0 Å². The number of methoxy groups -OCH3 is 1. The molecule has 0 atom stereocenters. The standard InChI is InChI=1S/C17H24N8OS/c1-17(2,3)15-20-18-12-6-7-13(22-25(12)15)24-8-11(9-24)23(4)16-21-19-14(27-16)10-26-5/h6-7,11H,8-10H2,1-5H3. The number of aromatic nitrogens is 6. The molecule has 0 radical (unpaired) electrons. The molecule has 0 N–H and O–H groups in total. The highest BCUT2D eigenvalue weighted by molar-refractivity contribution is 7.15. The Morgan fingerprint density at radius 2 is 1.96 bits per heavy atom. The van der Waals surface area contributed by atoms with E-state index in [1.165, 1.54) is 0 Å². The summed E-state index contributed by atoms with van der Waals surface area (Å²) in [5, 5.41) is 23.6. The summed E-state index contributed by atoms with van der Waals surface area (Å²) in [5.74, 6) is 1.81. The number of hydrogen-bond donors (Lipinski definition) is 0. The highest BCUT2D eigenvalue weighted by Gasteiger charge is 2.33. The number of fused-ring (bicyclic) bond motifs is 1. The van der Waals surface area contributed by atoms with Crippen molar-refractivity contribution in [3.8, 4) is 0 Å². The summed E-state index contributed by atoms with van der Waals surface area (Å²) in [7, 11) is 3.73. The number of nitrogens with zero attached hydrogens (tertiary/aromatic N) is 8. The molecule has 0 saturated carbocycles. The van der Waals surface area contributed by atoms with Gasteiger partial charge in [0.1, 0.15) is 17.4 Å². The molecule has 144 valence electrons. The highest BCUT2D eigenvalue weighted by Crippen LogP contribution is 2.28. The molecule has 10 heteroatoms. The molecular formula is C17H24N8OS. The zero-order valence-corrected chi connectivity index (χ0v) is 17.1. The van der Waals surface area contributed by atoms with Crippen LogP contribution < -0.4 is 9.80 Å². The van der Waals surface area contributed by atoms with E-state index in [2.05, 4.69) is 58.0 Å². The molecule has 1 fully saturated rings.